The SMILES string of the molecule is CCNC(=O)[C@@H](CC)N(Cc1ccc(OC)cc1)C(=O)COc1ccc(C(C)C)cc1Br. The summed E-state index contributed by atoms with van der Waals surface area (Å²) >= 11 is 3.53. The lowest BCUT2D eigenvalue weighted by Gasteiger charge is -2.30. The van der Waals surface area contributed by atoms with E-state index in [1.165, 1.54) is 5.56 Å². The number of nitrogens with zero attached hydrogens (tertiary/aromatic N) is 1. The molecule has 0 spiro atoms. The van der Waals surface area contributed by atoms with Gasteiger partial charge in [0, 0.05) is 13.1 Å². The number of rotatable bonds is 11. The standard InChI is InChI=1S/C25H33BrN2O4/c1-6-22(25(30)27-7-2)28(15-18-8-11-20(31-5)12-9-18)24(29)16-32-23-13-10-19(17(3)4)14-21(23)26/h8-14,17,22H,6-7,15-16H2,1-5H3,(H,27,30)/t22-/m1/s1. The first kappa shape index (κ1) is 25.7. The molecular formula is C25H33BrN2O4. The van der Waals surface area contributed by atoms with Crippen molar-refractivity contribution in [2.45, 2.75) is 52.6 Å². The zero-order valence-electron chi connectivity index (χ0n) is 19.5. The third-order valence-corrected chi connectivity index (χ3v) is 5.84. The van der Waals surface area contributed by atoms with Crippen LogP contribution in [0.2, 0.25) is 0 Å². The van der Waals surface area contributed by atoms with Crippen molar-refractivity contribution in [2.24, 2.45) is 0 Å². The van der Waals surface area contributed by atoms with Crippen LogP contribution in [0.15, 0.2) is 46.9 Å². The molecule has 0 aliphatic carbocycles. The van der Waals surface area contributed by atoms with E-state index in [4.69, 9.17) is 9.47 Å². The van der Waals surface area contributed by atoms with Gasteiger partial charge in [-0.1, -0.05) is 39.0 Å². The highest BCUT2D eigenvalue weighted by molar-refractivity contribution is 9.10. The molecule has 2 aromatic rings. The number of methoxy groups -OCH3 is 1. The van der Waals surface area contributed by atoms with E-state index < -0.39 is 6.04 Å². The van der Waals surface area contributed by atoms with Crippen molar-refractivity contribution in [3.8, 4) is 11.5 Å². The molecule has 2 rings (SSSR count). The summed E-state index contributed by atoms with van der Waals surface area (Å²) in [6, 6.07) is 12.7. The number of carbonyl (C=O) groups is 2. The Hall–Kier alpha value is -2.54. The average Bonchev–Trinajstić information content (AvgIpc) is 2.78. The number of ether oxygens (including phenoxy) is 2. The number of likely N-dealkylation sites (N-methyl/N-ethyl adjacent to an activating group) is 1. The van der Waals surface area contributed by atoms with Crippen LogP contribution in [0.4, 0.5) is 0 Å². The predicted molar refractivity (Wildman–Crippen MR) is 130 cm³/mol. The van der Waals surface area contributed by atoms with E-state index in [0.29, 0.717) is 31.2 Å². The van der Waals surface area contributed by atoms with Gasteiger partial charge in [-0.25, -0.2) is 0 Å². The van der Waals surface area contributed by atoms with Crippen molar-refractivity contribution in [3.05, 3.63) is 58.1 Å². The molecule has 1 N–H and O–H groups in total. The number of amides is 2. The molecular weight excluding hydrogens is 472 g/mol. The van der Waals surface area contributed by atoms with E-state index in [2.05, 4.69) is 35.1 Å². The normalized spacial score (nSPS) is 11.7. The lowest BCUT2D eigenvalue weighted by Crippen LogP contribution is -2.50. The van der Waals surface area contributed by atoms with Gasteiger partial charge in [0.1, 0.15) is 17.5 Å². The molecule has 0 aliphatic rings. The number of carbonyl (C=O) groups excluding carboxylic acids is 2. The van der Waals surface area contributed by atoms with Crippen LogP contribution in [-0.2, 0) is 16.1 Å². The van der Waals surface area contributed by atoms with Gasteiger partial charge in [-0.05, 0) is 70.6 Å². The van der Waals surface area contributed by atoms with Gasteiger partial charge in [-0.15, -0.1) is 0 Å². The van der Waals surface area contributed by atoms with Crippen LogP contribution in [0.25, 0.3) is 0 Å². The van der Waals surface area contributed by atoms with Crippen molar-refractivity contribution >= 4 is 27.7 Å². The molecule has 0 heterocycles. The minimum absolute atomic E-state index is 0.161. The third kappa shape index (κ3) is 6.99. The summed E-state index contributed by atoms with van der Waals surface area (Å²) in [6.07, 6.45) is 0.501. The Morgan fingerprint density at radius 1 is 1.09 bits per heavy atom. The fourth-order valence-corrected chi connectivity index (χ4v) is 3.87. The van der Waals surface area contributed by atoms with Crippen LogP contribution in [0.5, 0.6) is 11.5 Å². The van der Waals surface area contributed by atoms with Gasteiger partial charge in [-0.2, -0.15) is 0 Å². The van der Waals surface area contributed by atoms with E-state index in [0.717, 1.165) is 15.8 Å². The lowest BCUT2D eigenvalue weighted by atomic mass is 10.0. The van der Waals surface area contributed by atoms with Crippen LogP contribution >= 0.6 is 15.9 Å². The summed E-state index contributed by atoms with van der Waals surface area (Å²) < 4.78 is 11.8. The Morgan fingerprint density at radius 3 is 2.31 bits per heavy atom. The molecule has 0 radical (unpaired) electrons. The first-order valence-corrected chi connectivity index (χ1v) is 11.7. The summed E-state index contributed by atoms with van der Waals surface area (Å²) in [4.78, 5) is 27.5. The molecule has 32 heavy (non-hydrogen) atoms. The Labute approximate surface area is 199 Å². The fraction of sp³-hybridized carbons (Fsp3) is 0.440. The molecule has 0 saturated heterocycles. The molecule has 2 amide bonds. The van der Waals surface area contributed by atoms with Crippen LogP contribution in [-0.4, -0.2) is 43.0 Å². The number of halogens is 1. The molecule has 1 atom stereocenters. The van der Waals surface area contributed by atoms with Crippen LogP contribution < -0.4 is 14.8 Å². The van der Waals surface area contributed by atoms with E-state index in [-0.39, 0.29) is 18.4 Å². The van der Waals surface area contributed by atoms with Crippen LogP contribution in [0, 0.1) is 0 Å². The van der Waals surface area contributed by atoms with Crippen molar-refractivity contribution in [1.29, 1.82) is 0 Å². The molecule has 0 bridgehead atoms. The Kier molecular flexibility index (Phi) is 10.0. The minimum atomic E-state index is -0.583. The quantitative estimate of drug-likeness (QED) is 0.472. The van der Waals surface area contributed by atoms with Gasteiger partial charge >= 0.3 is 0 Å². The molecule has 6 nitrogen and oxygen atoms in total. The Bertz CT molecular complexity index is 899. The summed E-state index contributed by atoms with van der Waals surface area (Å²) in [6.45, 7) is 8.65. The van der Waals surface area contributed by atoms with Crippen LogP contribution in [0.3, 0.4) is 0 Å². The second-order valence-electron chi connectivity index (χ2n) is 7.82. The molecule has 0 aromatic heterocycles. The minimum Gasteiger partial charge on any atom is -0.497 e. The zero-order chi connectivity index (χ0) is 23.7. The fourth-order valence-electron chi connectivity index (χ4n) is 3.35. The molecule has 0 fully saturated rings. The highest BCUT2D eigenvalue weighted by Crippen LogP contribution is 2.29. The highest BCUT2D eigenvalue weighted by Gasteiger charge is 2.28. The molecule has 0 aliphatic heterocycles. The molecule has 0 unspecified atom stereocenters. The summed E-state index contributed by atoms with van der Waals surface area (Å²) in [7, 11) is 1.61. The van der Waals surface area contributed by atoms with Crippen molar-refractivity contribution < 1.29 is 19.1 Å². The Morgan fingerprint density at radius 2 is 1.78 bits per heavy atom. The Balaban J connectivity index is 2.21. The maximum atomic E-state index is 13.2. The average molecular weight is 505 g/mol. The van der Waals surface area contributed by atoms with Crippen molar-refractivity contribution in [1.82, 2.24) is 10.2 Å². The topological polar surface area (TPSA) is 67.9 Å². The summed E-state index contributed by atoms with van der Waals surface area (Å²) in [5.41, 5.74) is 2.09. The number of benzene rings is 2. The highest BCUT2D eigenvalue weighted by atomic mass is 79.9. The van der Waals surface area contributed by atoms with Crippen molar-refractivity contribution in [3.63, 3.8) is 0 Å². The number of nitrogens with one attached hydrogen (secondary N) is 1. The van der Waals surface area contributed by atoms with Crippen LogP contribution in [0.1, 0.15) is 51.2 Å². The van der Waals surface area contributed by atoms with E-state index in [9.17, 15) is 9.59 Å². The van der Waals surface area contributed by atoms with Gasteiger partial charge in [-0.3, -0.25) is 9.59 Å². The zero-order valence-corrected chi connectivity index (χ0v) is 21.1. The second kappa shape index (κ2) is 12.5. The van der Waals surface area contributed by atoms with E-state index >= 15 is 0 Å². The molecule has 174 valence electrons. The van der Waals surface area contributed by atoms with E-state index in [1.54, 1.807) is 12.0 Å². The van der Waals surface area contributed by atoms with Crippen molar-refractivity contribution in [2.75, 3.05) is 20.3 Å². The van der Waals surface area contributed by atoms with Gasteiger partial charge in [0.25, 0.3) is 5.91 Å². The first-order chi connectivity index (χ1) is 15.3. The lowest BCUT2D eigenvalue weighted by molar-refractivity contribution is -0.142. The molecule has 2 aromatic carbocycles. The summed E-state index contributed by atoms with van der Waals surface area (Å²) in [5.74, 6) is 1.31. The van der Waals surface area contributed by atoms with Gasteiger partial charge in [0.15, 0.2) is 6.61 Å². The molecule has 0 saturated carbocycles. The second-order valence-corrected chi connectivity index (χ2v) is 8.68. The molecule has 7 heteroatoms. The largest absolute Gasteiger partial charge is 0.497 e. The predicted octanol–water partition coefficient (Wildman–Crippen LogP) is 4.90. The first-order valence-electron chi connectivity index (χ1n) is 10.9. The number of hydrogen-bond donors (Lipinski definition) is 1. The third-order valence-electron chi connectivity index (χ3n) is 5.22. The van der Waals surface area contributed by atoms with Gasteiger partial charge in [0.05, 0.1) is 11.6 Å². The van der Waals surface area contributed by atoms with Gasteiger partial charge < -0.3 is 19.7 Å². The summed E-state index contributed by atoms with van der Waals surface area (Å²) in [5, 5.41) is 2.83. The number of hydrogen-bond acceptors (Lipinski definition) is 4. The maximum Gasteiger partial charge on any atom is 0.261 e. The monoisotopic (exact) mass is 504 g/mol. The van der Waals surface area contributed by atoms with E-state index in [1.807, 2.05) is 56.3 Å². The van der Waals surface area contributed by atoms with Gasteiger partial charge in [0.2, 0.25) is 5.91 Å². The maximum absolute atomic E-state index is 13.2. The smallest absolute Gasteiger partial charge is 0.261 e.